The molecule has 0 aliphatic heterocycles. The van der Waals surface area contributed by atoms with Crippen LogP contribution in [-0.4, -0.2) is 63.8 Å². The third-order valence-corrected chi connectivity index (χ3v) is 10.2. The fourth-order valence-corrected chi connectivity index (χ4v) is 7.20. The Morgan fingerprint density at radius 2 is 1.36 bits per heavy atom. The first-order valence-corrected chi connectivity index (χ1v) is 18.7. The molecule has 4 N–H and O–H groups in total. The summed E-state index contributed by atoms with van der Waals surface area (Å²) < 4.78 is 21.3. The average Bonchev–Trinajstić information content (AvgIpc) is 3.54. The SMILES string of the molecule is COC(=O)c1c(NC(=O)CSc2cccc(NC(=O)/C(=C\c3cc(OC)c(OC)c(OC)c3)NC(=O)c3ccccc3)c2)sc(C(=O)Nc2ccccc2)c1C. The summed E-state index contributed by atoms with van der Waals surface area (Å²) in [5.41, 5.74) is 2.18. The van der Waals surface area contributed by atoms with Crippen molar-refractivity contribution in [2.45, 2.75) is 11.8 Å². The molecule has 56 heavy (non-hydrogen) atoms. The summed E-state index contributed by atoms with van der Waals surface area (Å²) in [5, 5.41) is 11.3. The summed E-state index contributed by atoms with van der Waals surface area (Å²) >= 11 is 2.15. The predicted molar refractivity (Wildman–Crippen MR) is 217 cm³/mol. The lowest BCUT2D eigenvalue weighted by atomic mass is 10.1. The normalized spacial score (nSPS) is 10.8. The largest absolute Gasteiger partial charge is 0.493 e. The molecule has 0 aliphatic carbocycles. The number of rotatable bonds is 15. The van der Waals surface area contributed by atoms with E-state index in [1.807, 2.05) is 6.07 Å². The minimum atomic E-state index is -0.692. The summed E-state index contributed by atoms with van der Waals surface area (Å²) in [7, 11) is 5.64. The van der Waals surface area contributed by atoms with Gasteiger partial charge in [0.2, 0.25) is 11.7 Å². The number of thiophene rings is 1. The van der Waals surface area contributed by atoms with Crippen molar-refractivity contribution in [2.24, 2.45) is 0 Å². The predicted octanol–water partition coefficient (Wildman–Crippen LogP) is 7.26. The van der Waals surface area contributed by atoms with Crippen LogP contribution in [0.4, 0.5) is 16.4 Å². The molecule has 0 saturated heterocycles. The number of ether oxygens (including phenoxy) is 4. The van der Waals surface area contributed by atoms with Gasteiger partial charge in [-0.2, -0.15) is 0 Å². The Kier molecular flexibility index (Phi) is 13.9. The molecule has 1 aromatic heterocycles. The van der Waals surface area contributed by atoms with Crippen LogP contribution in [0.15, 0.2) is 108 Å². The molecule has 0 atom stereocenters. The van der Waals surface area contributed by atoms with Gasteiger partial charge < -0.3 is 40.2 Å². The summed E-state index contributed by atoms with van der Waals surface area (Å²) in [6.07, 6.45) is 1.48. The number of thioether (sulfide) groups is 1. The second kappa shape index (κ2) is 19.1. The van der Waals surface area contributed by atoms with Crippen LogP contribution in [0.5, 0.6) is 17.2 Å². The van der Waals surface area contributed by atoms with E-state index < -0.39 is 29.6 Å². The van der Waals surface area contributed by atoms with Gasteiger partial charge in [0.15, 0.2) is 11.5 Å². The third-order valence-electron chi connectivity index (χ3n) is 8.02. The van der Waals surface area contributed by atoms with Gasteiger partial charge in [0.05, 0.1) is 44.6 Å². The van der Waals surface area contributed by atoms with E-state index in [4.69, 9.17) is 18.9 Å². The van der Waals surface area contributed by atoms with Gasteiger partial charge in [-0.15, -0.1) is 23.1 Å². The molecule has 0 aliphatic rings. The van der Waals surface area contributed by atoms with E-state index in [0.29, 0.717) is 50.2 Å². The second-order valence-electron chi connectivity index (χ2n) is 11.7. The molecular weight excluding hydrogens is 757 g/mol. The number of anilines is 3. The van der Waals surface area contributed by atoms with E-state index in [9.17, 15) is 24.0 Å². The zero-order chi connectivity index (χ0) is 40.2. The van der Waals surface area contributed by atoms with Crippen molar-refractivity contribution < 1.29 is 42.9 Å². The maximum atomic E-state index is 13.8. The summed E-state index contributed by atoms with van der Waals surface area (Å²) in [4.78, 5) is 66.9. The Balaban J connectivity index is 1.32. The van der Waals surface area contributed by atoms with E-state index in [2.05, 4.69) is 21.3 Å². The summed E-state index contributed by atoms with van der Waals surface area (Å²) in [6.45, 7) is 1.62. The summed E-state index contributed by atoms with van der Waals surface area (Å²) in [6, 6.07) is 27.4. The number of hydrogen-bond donors (Lipinski definition) is 4. The molecule has 0 fully saturated rings. The highest BCUT2D eigenvalue weighted by molar-refractivity contribution is 8.00. The van der Waals surface area contributed by atoms with Crippen molar-refractivity contribution in [2.75, 3.05) is 50.1 Å². The van der Waals surface area contributed by atoms with Crippen molar-refractivity contribution in [1.82, 2.24) is 5.32 Å². The minimum Gasteiger partial charge on any atom is -0.493 e. The Morgan fingerprint density at radius 3 is 1.98 bits per heavy atom. The zero-order valence-corrected chi connectivity index (χ0v) is 32.6. The number of para-hydroxylation sites is 1. The fraction of sp³-hybridized carbons (Fsp3) is 0.146. The van der Waals surface area contributed by atoms with Gasteiger partial charge in [-0.05, 0) is 78.7 Å². The standard InChI is InChI=1S/C41H38N4O9S2/c1-24-34(41(50)54-5)40(56-36(24)39(49)42-27-15-10-7-11-16-27)45-33(46)23-55-29-18-12-17-28(22-29)43-38(48)30(44-37(47)26-13-8-6-9-14-26)19-25-20-31(51-2)35(53-4)32(21-25)52-3/h6-22H,23H2,1-5H3,(H,42,49)(H,43,48)(H,44,47)(H,45,46)/b30-19+. The van der Waals surface area contributed by atoms with Crippen LogP contribution in [0.3, 0.4) is 0 Å². The number of carbonyl (C=O) groups excluding carboxylic acids is 5. The van der Waals surface area contributed by atoms with Gasteiger partial charge in [0.25, 0.3) is 17.7 Å². The van der Waals surface area contributed by atoms with Crippen molar-refractivity contribution in [1.29, 1.82) is 0 Å². The lowest BCUT2D eigenvalue weighted by molar-refractivity contribution is -0.114. The maximum Gasteiger partial charge on any atom is 0.341 e. The van der Waals surface area contributed by atoms with Gasteiger partial charge in [-0.3, -0.25) is 19.2 Å². The van der Waals surface area contributed by atoms with Gasteiger partial charge >= 0.3 is 5.97 Å². The van der Waals surface area contributed by atoms with E-state index in [1.54, 1.807) is 97.9 Å². The Labute approximate surface area is 331 Å². The quantitative estimate of drug-likeness (QED) is 0.0481. The van der Waals surface area contributed by atoms with Crippen LogP contribution in [0.2, 0.25) is 0 Å². The number of hydrogen-bond acceptors (Lipinski definition) is 11. The van der Waals surface area contributed by atoms with Crippen LogP contribution in [0.25, 0.3) is 6.08 Å². The first kappa shape index (κ1) is 40.6. The minimum absolute atomic E-state index is 0.0695. The number of methoxy groups -OCH3 is 4. The van der Waals surface area contributed by atoms with Crippen molar-refractivity contribution in [3.8, 4) is 17.2 Å². The molecule has 15 heteroatoms. The molecule has 0 spiro atoms. The van der Waals surface area contributed by atoms with E-state index >= 15 is 0 Å². The molecule has 0 bridgehead atoms. The molecule has 0 saturated carbocycles. The van der Waals surface area contributed by atoms with Crippen molar-refractivity contribution in [3.05, 3.63) is 130 Å². The molecule has 5 aromatic rings. The molecule has 0 radical (unpaired) electrons. The van der Waals surface area contributed by atoms with Crippen molar-refractivity contribution >= 4 is 75.1 Å². The first-order valence-electron chi connectivity index (χ1n) is 16.8. The van der Waals surface area contributed by atoms with Crippen LogP contribution < -0.4 is 35.5 Å². The van der Waals surface area contributed by atoms with Gasteiger partial charge in [-0.1, -0.05) is 42.5 Å². The molecule has 0 unspecified atom stereocenters. The zero-order valence-electron chi connectivity index (χ0n) is 31.0. The Hall–Kier alpha value is -6.58. The van der Waals surface area contributed by atoms with Crippen LogP contribution in [-0.2, 0) is 14.3 Å². The van der Waals surface area contributed by atoms with Gasteiger partial charge in [0.1, 0.15) is 10.7 Å². The van der Waals surface area contributed by atoms with Crippen LogP contribution in [0.1, 0.15) is 41.5 Å². The topological polar surface area (TPSA) is 170 Å². The Morgan fingerprint density at radius 1 is 0.714 bits per heavy atom. The number of nitrogens with one attached hydrogen (secondary N) is 4. The van der Waals surface area contributed by atoms with E-state index in [1.165, 1.54) is 46.3 Å². The maximum absolute atomic E-state index is 13.8. The highest BCUT2D eigenvalue weighted by Crippen LogP contribution is 2.39. The molecule has 4 aromatic carbocycles. The average molecular weight is 795 g/mol. The third kappa shape index (κ3) is 10.1. The fourth-order valence-electron chi connectivity index (χ4n) is 5.34. The molecule has 1 heterocycles. The second-order valence-corrected chi connectivity index (χ2v) is 13.8. The lowest BCUT2D eigenvalue weighted by Gasteiger charge is -2.15. The number of amides is 4. The lowest BCUT2D eigenvalue weighted by Crippen LogP contribution is -2.30. The van der Waals surface area contributed by atoms with E-state index in [-0.39, 0.29) is 26.9 Å². The van der Waals surface area contributed by atoms with Crippen LogP contribution in [0, 0.1) is 6.92 Å². The molecule has 13 nitrogen and oxygen atoms in total. The number of esters is 1. The Bertz CT molecular complexity index is 2250. The molecule has 288 valence electrons. The summed E-state index contributed by atoms with van der Waals surface area (Å²) in [5.74, 6) is -1.70. The van der Waals surface area contributed by atoms with E-state index in [0.717, 1.165) is 11.3 Å². The number of benzene rings is 4. The molecular formula is C41H38N4O9S2. The van der Waals surface area contributed by atoms with Crippen molar-refractivity contribution in [3.63, 3.8) is 0 Å². The highest BCUT2D eigenvalue weighted by Gasteiger charge is 2.27. The van der Waals surface area contributed by atoms with Gasteiger partial charge in [0, 0.05) is 21.8 Å². The monoisotopic (exact) mass is 794 g/mol. The van der Waals surface area contributed by atoms with Crippen LogP contribution >= 0.6 is 23.1 Å². The van der Waals surface area contributed by atoms with Gasteiger partial charge in [-0.25, -0.2) is 4.79 Å². The molecule has 4 amide bonds. The molecule has 5 rings (SSSR count). The first-order chi connectivity index (χ1) is 27.0. The highest BCUT2D eigenvalue weighted by atomic mass is 32.2. The number of carbonyl (C=O) groups is 5. The smallest absolute Gasteiger partial charge is 0.341 e.